The molecule has 0 saturated heterocycles. The number of hydrogen-bond acceptors (Lipinski definition) is 2. The van der Waals surface area contributed by atoms with Gasteiger partial charge in [0.2, 0.25) is 0 Å². The van der Waals surface area contributed by atoms with Gasteiger partial charge in [-0.2, -0.15) is 0 Å². The van der Waals surface area contributed by atoms with E-state index in [1.165, 1.54) is 43.3 Å². The second-order valence-electron chi connectivity index (χ2n) is 9.82. The lowest BCUT2D eigenvalue weighted by molar-refractivity contribution is 1.23. The summed E-state index contributed by atoms with van der Waals surface area (Å²) >= 11 is 0. The smallest absolute Gasteiger partial charge is 0.159 e. The Labute approximate surface area is 219 Å². The van der Waals surface area contributed by atoms with Crippen LogP contribution in [0.4, 0.5) is 0 Å². The van der Waals surface area contributed by atoms with Crippen LogP contribution in [-0.4, -0.2) is 9.97 Å². The monoisotopic (exact) mass is 482 g/mol. The average molecular weight is 483 g/mol. The van der Waals surface area contributed by atoms with Crippen molar-refractivity contribution in [2.45, 2.75) is 0 Å². The lowest BCUT2D eigenvalue weighted by atomic mass is 9.92. The molecule has 2 heteroatoms. The largest absolute Gasteiger partial charge is 0.236 e. The first-order chi connectivity index (χ1) is 18.8. The Kier molecular flexibility index (Phi) is 4.55. The summed E-state index contributed by atoms with van der Waals surface area (Å²) < 4.78 is 0. The molecule has 0 fully saturated rings. The second-order valence-corrected chi connectivity index (χ2v) is 9.82. The predicted octanol–water partition coefficient (Wildman–Crippen LogP) is 9.58. The van der Waals surface area contributed by atoms with Gasteiger partial charge in [-0.1, -0.05) is 115 Å². The predicted molar refractivity (Wildman–Crippen MR) is 160 cm³/mol. The summed E-state index contributed by atoms with van der Waals surface area (Å²) in [4.78, 5) is 10.0. The zero-order chi connectivity index (χ0) is 25.1. The van der Waals surface area contributed by atoms with Crippen LogP contribution in [0.5, 0.6) is 0 Å². The first-order valence-corrected chi connectivity index (χ1v) is 12.9. The van der Waals surface area contributed by atoms with Crippen molar-refractivity contribution in [3.05, 3.63) is 134 Å². The third-order valence-electron chi connectivity index (χ3n) is 7.68. The molecule has 1 heterocycles. The first-order valence-electron chi connectivity index (χ1n) is 12.9. The van der Waals surface area contributed by atoms with Gasteiger partial charge < -0.3 is 0 Å². The Balaban J connectivity index is 1.36. The minimum absolute atomic E-state index is 0.741. The number of nitrogens with zero attached hydrogens (tertiary/aromatic N) is 2. The Hall–Kier alpha value is -5.08. The lowest BCUT2D eigenvalue weighted by Gasteiger charge is -2.13. The normalized spacial score (nSPS) is 11.7. The molecule has 1 aromatic heterocycles. The van der Waals surface area contributed by atoms with E-state index in [4.69, 9.17) is 9.97 Å². The highest BCUT2D eigenvalue weighted by molar-refractivity contribution is 6.24. The molecule has 0 radical (unpaired) electrons. The van der Waals surface area contributed by atoms with Gasteiger partial charge in [-0.15, -0.1) is 0 Å². The van der Waals surface area contributed by atoms with Crippen LogP contribution >= 0.6 is 0 Å². The van der Waals surface area contributed by atoms with E-state index in [9.17, 15) is 0 Å². The van der Waals surface area contributed by atoms with Gasteiger partial charge in [-0.3, -0.25) is 0 Å². The van der Waals surface area contributed by atoms with Crippen LogP contribution in [0.1, 0.15) is 0 Å². The topological polar surface area (TPSA) is 25.8 Å². The fourth-order valence-corrected chi connectivity index (χ4v) is 5.92. The fraction of sp³-hybridized carbons (Fsp3) is 0. The lowest BCUT2D eigenvalue weighted by Crippen LogP contribution is -1.93. The summed E-state index contributed by atoms with van der Waals surface area (Å²) in [5.41, 5.74) is 4.39. The number of benzene rings is 7. The van der Waals surface area contributed by atoms with Gasteiger partial charge in [-0.05, 0) is 61.0 Å². The molecule has 0 aliphatic carbocycles. The molecule has 0 aliphatic rings. The van der Waals surface area contributed by atoms with Crippen molar-refractivity contribution in [2.75, 3.05) is 0 Å². The minimum Gasteiger partial charge on any atom is -0.236 e. The zero-order valence-corrected chi connectivity index (χ0v) is 20.6. The first kappa shape index (κ1) is 21.0. The average Bonchev–Trinajstić information content (AvgIpc) is 3.00. The quantitative estimate of drug-likeness (QED) is 0.229. The molecule has 0 N–H and O–H groups in total. The van der Waals surface area contributed by atoms with Crippen molar-refractivity contribution in [1.82, 2.24) is 9.97 Å². The van der Waals surface area contributed by atoms with E-state index < -0.39 is 0 Å². The number of aromatic nitrogens is 2. The summed E-state index contributed by atoms with van der Waals surface area (Å²) in [6.07, 6.45) is 1.99. The van der Waals surface area contributed by atoms with Crippen molar-refractivity contribution in [2.24, 2.45) is 0 Å². The molecular formula is C36H22N2. The van der Waals surface area contributed by atoms with Gasteiger partial charge in [-0.25, -0.2) is 9.97 Å². The molecule has 0 amide bonds. The van der Waals surface area contributed by atoms with Gasteiger partial charge in [0, 0.05) is 22.5 Å². The van der Waals surface area contributed by atoms with Crippen molar-refractivity contribution in [1.29, 1.82) is 0 Å². The number of fused-ring (bicyclic) bond motifs is 9. The molecule has 0 bridgehead atoms. The van der Waals surface area contributed by atoms with E-state index in [0.29, 0.717) is 0 Å². The van der Waals surface area contributed by atoms with Crippen LogP contribution in [0.2, 0.25) is 0 Å². The van der Waals surface area contributed by atoms with Crippen LogP contribution in [0.15, 0.2) is 134 Å². The summed E-state index contributed by atoms with van der Waals surface area (Å²) in [7, 11) is 0. The molecule has 38 heavy (non-hydrogen) atoms. The Morgan fingerprint density at radius 1 is 0.395 bits per heavy atom. The van der Waals surface area contributed by atoms with E-state index in [1.54, 1.807) is 0 Å². The van der Waals surface area contributed by atoms with E-state index in [0.717, 1.165) is 33.2 Å². The van der Waals surface area contributed by atoms with Crippen LogP contribution in [0, 0.1) is 0 Å². The highest BCUT2D eigenvalue weighted by Gasteiger charge is 2.13. The molecule has 7 aromatic carbocycles. The zero-order valence-electron chi connectivity index (χ0n) is 20.6. The second kappa shape index (κ2) is 8.22. The third kappa shape index (κ3) is 3.14. The third-order valence-corrected chi connectivity index (χ3v) is 7.68. The molecule has 0 saturated carbocycles. The molecule has 0 spiro atoms. The van der Waals surface area contributed by atoms with Crippen molar-refractivity contribution in [3.8, 4) is 22.5 Å². The van der Waals surface area contributed by atoms with Gasteiger partial charge >= 0.3 is 0 Å². The maximum absolute atomic E-state index is 5.16. The van der Waals surface area contributed by atoms with Crippen molar-refractivity contribution >= 4 is 54.0 Å². The standard InChI is InChI=1S/C36H22N2/c1-2-13-26-24(10-1)21-33(30-17-5-3-14-27(26)30)23-11-9-12-25(20-23)36-37-22-34-31-18-6-4-15-28(31)29-16-7-8-19-32(29)35(34)38-36/h1-22H. The minimum atomic E-state index is 0.741. The van der Waals surface area contributed by atoms with E-state index in [-0.39, 0.29) is 0 Å². The molecule has 0 aliphatic heterocycles. The molecule has 0 atom stereocenters. The van der Waals surface area contributed by atoms with Crippen molar-refractivity contribution < 1.29 is 0 Å². The molecule has 8 rings (SSSR count). The highest BCUT2D eigenvalue weighted by atomic mass is 14.9. The Morgan fingerprint density at radius 2 is 0.947 bits per heavy atom. The van der Waals surface area contributed by atoms with Gasteiger partial charge in [0.1, 0.15) is 0 Å². The summed E-state index contributed by atoms with van der Waals surface area (Å²) in [5.74, 6) is 0.741. The number of rotatable bonds is 2. The van der Waals surface area contributed by atoms with E-state index >= 15 is 0 Å². The van der Waals surface area contributed by atoms with Crippen LogP contribution in [0.3, 0.4) is 0 Å². The fourth-order valence-electron chi connectivity index (χ4n) is 5.92. The van der Waals surface area contributed by atoms with Gasteiger partial charge in [0.15, 0.2) is 5.82 Å². The molecule has 2 nitrogen and oxygen atoms in total. The Bertz CT molecular complexity index is 2160. The van der Waals surface area contributed by atoms with E-state index in [2.05, 4.69) is 127 Å². The van der Waals surface area contributed by atoms with Gasteiger partial charge in [0.05, 0.1) is 5.52 Å². The summed E-state index contributed by atoms with van der Waals surface area (Å²) in [6, 6.07) is 45.3. The Morgan fingerprint density at radius 3 is 1.71 bits per heavy atom. The van der Waals surface area contributed by atoms with Crippen LogP contribution in [-0.2, 0) is 0 Å². The van der Waals surface area contributed by atoms with Crippen LogP contribution < -0.4 is 0 Å². The molecule has 8 aromatic rings. The summed E-state index contributed by atoms with van der Waals surface area (Å²) in [6.45, 7) is 0. The molecule has 176 valence electrons. The molecular weight excluding hydrogens is 460 g/mol. The van der Waals surface area contributed by atoms with Gasteiger partial charge in [0.25, 0.3) is 0 Å². The maximum Gasteiger partial charge on any atom is 0.159 e. The molecule has 0 unspecified atom stereocenters. The van der Waals surface area contributed by atoms with Crippen molar-refractivity contribution in [3.63, 3.8) is 0 Å². The van der Waals surface area contributed by atoms with Crippen LogP contribution in [0.25, 0.3) is 76.5 Å². The highest BCUT2D eigenvalue weighted by Crippen LogP contribution is 2.37. The summed E-state index contributed by atoms with van der Waals surface area (Å²) in [5, 5.41) is 10.9. The van der Waals surface area contributed by atoms with E-state index in [1.807, 2.05) is 6.20 Å². The maximum atomic E-state index is 5.16. The SMILES string of the molecule is c1cc(-c2ncc3c4ccccc4c4ccccc4c3n2)cc(-c2cc3ccccc3c3ccccc23)c1. The number of hydrogen-bond donors (Lipinski definition) is 0.